The third-order valence-corrected chi connectivity index (χ3v) is 4.85. The van der Waals surface area contributed by atoms with Crippen molar-refractivity contribution in [1.29, 1.82) is 0 Å². The van der Waals surface area contributed by atoms with Gasteiger partial charge in [0.05, 0.1) is 12.2 Å². The Morgan fingerprint density at radius 1 is 1.29 bits per heavy atom. The Bertz CT molecular complexity index is 889. The van der Waals surface area contributed by atoms with Gasteiger partial charge in [-0.1, -0.05) is 12.1 Å². The average Bonchev–Trinajstić information content (AvgIpc) is 2.69. The first-order chi connectivity index (χ1) is 13.5. The summed E-state index contributed by atoms with van der Waals surface area (Å²) in [6.45, 7) is 5.58. The Hall–Kier alpha value is -3.15. The number of aryl methyl sites for hydroxylation is 1. The predicted molar refractivity (Wildman–Crippen MR) is 112 cm³/mol. The topological polar surface area (TPSA) is 83.6 Å². The van der Waals surface area contributed by atoms with Crippen molar-refractivity contribution < 1.29 is 4.79 Å². The van der Waals surface area contributed by atoms with Crippen LogP contribution >= 0.6 is 0 Å². The second kappa shape index (κ2) is 9.17. The molecule has 0 radical (unpaired) electrons. The van der Waals surface area contributed by atoms with Gasteiger partial charge in [-0.15, -0.1) is 0 Å². The zero-order chi connectivity index (χ0) is 19.9. The van der Waals surface area contributed by atoms with E-state index in [-0.39, 0.29) is 5.91 Å². The van der Waals surface area contributed by atoms with Crippen LogP contribution in [0.1, 0.15) is 24.5 Å². The van der Waals surface area contributed by atoms with Crippen molar-refractivity contribution in [3.63, 3.8) is 0 Å². The zero-order valence-corrected chi connectivity index (χ0v) is 16.5. The molecule has 1 aliphatic heterocycles. The number of hydrogen-bond donors (Lipinski definition) is 2. The Morgan fingerprint density at radius 2 is 2.07 bits per heavy atom. The number of amides is 1. The molecule has 2 heterocycles. The number of pyridine rings is 1. The lowest BCUT2D eigenvalue weighted by Crippen LogP contribution is -2.41. The lowest BCUT2D eigenvalue weighted by Gasteiger charge is -2.30. The quantitative estimate of drug-likeness (QED) is 0.599. The zero-order valence-electron chi connectivity index (χ0n) is 16.5. The van der Waals surface area contributed by atoms with Crippen molar-refractivity contribution in [2.24, 2.45) is 10.7 Å². The molecule has 1 aromatic carbocycles. The smallest absolute Gasteiger partial charge is 0.219 e. The molecular formula is C22H27N5O. The Morgan fingerprint density at radius 3 is 2.79 bits per heavy atom. The van der Waals surface area contributed by atoms with Crippen LogP contribution in [-0.2, 0) is 11.2 Å². The molecule has 0 fully saturated rings. The largest absolute Gasteiger partial charge is 0.388 e. The van der Waals surface area contributed by atoms with Crippen LogP contribution in [0.25, 0.3) is 0 Å². The van der Waals surface area contributed by atoms with Gasteiger partial charge in [-0.2, -0.15) is 0 Å². The van der Waals surface area contributed by atoms with E-state index in [1.54, 1.807) is 19.3 Å². The normalized spacial score (nSPS) is 14.9. The third-order valence-electron chi connectivity index (χ3n) is 4.85. The molecule has 0 saturated carbocycles. The number of carbonyl (C=O) groups is 1. The summed E-state index contributed by atoms with van der Waals surface area (Å²) < 4.78 is 0. The standard InChI is InChI=1S/C22H27N5O/c1-16-4-3-5-19(14-16)26-22(23)20-15-27(17(2)28)13-9-21(20)25-12-8-18-6-10-24-11-7-18/h3-7,10-11,14,25H,8-9,12-13,15H2,1-2H3,(H2,23,26). The van der Waals surface area contributed by atoms with Crippen molar-refractivity contribution in [1.82, 2.24) is 15.2 Å². The van der Waals surface area contributed by atoms with E-state index >= 15 is 0 Å². The monoisotopic (exact) mass is 377 g/mol. The van der Waals surface area contributed by atoms with E-state index in [0.29, 0.717) is 18.9 Å². The second-order valence-electron chi connectivity index (χ2n) is 7.02. The minimum atomic E-state index is 0.0525. The molecule has 6 heteroatoms. The maximum atomic E-state index is 11.9. The highest BCUT2D eigenvalue weighted by Crippen LogP contribution is 2.20. The van der Waals surface area contributed by atoms with Crippen LogP contribution in [0.3, 0.4) is 0 Å². The molecule has 3 rings (SSSR count). The average molecular weight is 377 g/mol. The highest BCUT2D eigenvalue weighted by Gasteiger charge is 2.23. The summed E-state index contributed by atoms with van der Waals surface area (Å²) in [6.07, 6.45) is 5.25. The van der Waals surface area contributed by atoms with Gasteiger partial charge in [0.2, 0.25) is 5.91 Å². The molecule has 0 saturated heterocycles. The van der Waals surface area contributed by atoms with E-state index in [2.05, 4.69) is 15.3 Å². The summed E-state index contributed by atoms with van der Waals surface area (Å²) in [6, 6.07) is 12.0. The third kappa shape index (κ3) is 5.19. The maximum Gasteiger partial charge on any atom is 0.219 e. The van der Waals surface area contributed by atoms with Crippen LogP contribution in [0.5, 0.6) is 0 Å². The number of aliphatic imine (C=N–C) groups is 1. The van der Waals surface area contributed by atoms with Crippen molar-refractivity contribution in [3.8, 4) is 0 Å². The van der Waals surface area contributed by atoms with Gasteiger partial charge in [-0.3, -0.25) is 9.78 Å². The van der Waals surface area contributed by atoms with Gasteiger partial charge in [0.1, 0.15) is 5.84 Å². The molecule has 28 heavy (non-hydrogen) atoms. The number of nitrogens with zero attached hydrogens (tertiary/aromatic N) is 3. The highest BCUT2D eigenvalue weighted by molar-refractivity contribution is 6.00. The van der Waals surface area contributed by atoms with Gasteiger partial charge < -0.3 is 16.0 Å². The van der Waals surface area contributed by atoms with E-state index in [1.165, 1.54) is 5.56 Å². The van der Waals surface area contributed by atoms with Gasteiger partial charge in [-0.25, -0.2) is 4.99 Å². The maximum absolute atomic E-state index is 11.9. The fourth-order valence-corrected chi connectivity index (χ4v) is 3.27. The molecule has 1 aromatic heterocycles. The molecule has 0 unspecified atom stereocenters. The van der Waals surface area contributed by atoms with Crippen LogP contribution < -0.4 is 11.1 Å². The van der Waals surface area contributed by atoms with Gasteiger partial charge in [0.25, 0.3) is 0 Å². The van der Waals surface area contributed by atoms with E-state index in [0.717, 1.165) is 41.9 Å². The summed E-state index contributed by atoms with van der Waals surface area (Å²) in [4.78, 5) is 22.3. The van der Waals surface area contributed by atoms with Crippen LogP contribution in [0.15, 0.2) is 65.1 Å². The lowest BCUT2D eigenvalue weighted by molar-refractivity contribution is -0.128. The van der Waals surface area contributed by atoms with Crippen LogP contribution in [0, 0.1) is 6.92 Å². The predicted octanol–water partition coefficient (Wildman–Crippen LogP) is 2.72. The van der Waals surface area contributed by atoms with E-state index in [1.807, 2.05) is 48.2 Å². The van der Waals surface area contributed by atoms with Gasteiger partial charge in [0, 0.05) is 50.1 Å². The minimum absolute atomic E-state index is 0.0525. The highest BCUT2D eigenvalue weighted by atomic mass is 16.2. The summed E-state index contributed by atoms with van der Waals surface area (Å²) in [5.74, 6) is 0.514. The molecule has 0 atom stereocenters. The molecule has 0 bridgehead atoms. The van der Waals surface area contributed by atoms with Crippen molar-refractivity contribution in [2.75, 3.05) is 19.6 Å². The molecule has 1 aliphatic rings. The minimum Gasteiger partial charge on any atom is -0.388 e. The Kier molecular flexibility index (Phi) is 6.42. The van der Waals surface area contributed by atoms with Gasteiger partial charge in [-0.05, 0) is 48.7 Å². The molecule has 146 valence electrons. The Balaban J connectivity index is 1.80. The number of rotatable bonds is 6. The first-order valence-corrected chi connectivity index (χ1v) is 9.54. The number of carbonyl (C=O) groups excluding carboxylic acids is 1. The van der Waals surface area contributed by atoms with Crippen molar-refractivity contribution in [2.45, 2.75) is 26.7 Å². The van der Waals surface area contributed by atoms with E-state index in [4.69, 9.17) is 5.73 Å². The van der Waals surface area contributed by atoms with Gasteiger partial charge in [0.15, 0.2) is 0 Å². The summed E-state index contributed by atoms with van der Waals surface area (Å²) in [5, 5.41) is 3.52. The number of amidine groups is 1. The molecule has 3 N–H and O–H groups in total. The first-order valence-electron chi connectivity index (χ1n) is 9.54. The number of nitrogens with one attached hydrogen (secondary N) is 1. The van der Waals surface area contributed by atoms with E-state index < -0.39 is 0 Å². The summed E-state index contributed by atoms with van der Waals surface area (Å²) in [5.41, 5.74) is 11.5. The number of benzene rings is 1. The van der Waals surface area contributed by atoms with Crippen molar-refractivity contribution >= 4 is 17.4 Å². The van der Waals surface area contributed by atoms with E-state index in [9.17, 15) is 4.79 Å². The fraction of sp³-hybridized carbons (Fsp3) is 0.318. The molecular weight excluding hydrogens is 350 g/mol. The van der Waals surface area contributed by atoms with Crippen LogP contribution in [0.2, 0.25) is 0 Å². The molecule has 2 aromatic rings. The van der Waals surface area contributed by atoms with Gasteiger partial charge >= 0.3 is 0 Å². The fourth-order valence-electron chi connectivity index (χ4n) is 3.27. The summed E-state index contributed by atoms with van der Waals surface area (Å²) in [7, 11) is 0. The number of hydrogen-bond acceptors (Lipinski definition) is 4. The van der Waals surface area contributed by atoms with Crippen LogP contribution in [-0.4, -0.2) is 41.3 Å². The SMILES string of the molecule is CC(=O)N1CCC(NCCc2ccncc2)=C(C(N)=Nc2cccc(C)c2)C1. The Labute approximate surface area is 166 Å². The molecule has 0 aliphatic carbocycles. The molecule has 0 spiro atoms. The number of aromatic nitrogens is 1. The molecule has 6 nitrogen and oxygen atoms in total. The lowest BCUT2D eigenvalue weighted by atomic mass is 10.0. The van der Waals surface area contributed by atoms with Crippen molar-refractivity contribution in [3.05, 3.63) is 71.2 Å². The summed E-state index contributed by atoms with van der Waals surface area (Å²) >= 11 is 0. The van der Waals surface area contributed by atoms with Crippen LogP contribution in [0.4, 0.5) is 5.69 Å². The second-order valence-corrected chi connectivity index (χ2v) is 7.02. The number of nitrogens with two attached hydrogens (primary N) is 1. The molecule has 1 amide bonds. The first kappa shape index (κ1) is 19.6.